The lowest BCUT2D eigenvalue weighted by atomic mass is 9.84. The van der Waals surface area contributed by atoms with E-state index in [-0.39, 0.29) is 53.9 Å². The molecule has 0 radical (unpaired) electrons. The number of aryl methyl sites for hydroxylation is 2. The van der Waals surface area contributed by atoms with Gasteiger partial charge >= 0.3 is 5.97 Å². The lowest BCUT2D eigenvalue weighted by Gasteiger charge is -2.24. The van der Waals surface area contributed by atoms with Crippen molar-refractivity contribution in [3.05, 3.63) is 75.3 Å². The highest BCUT2D eigenvalue weighted by molar-refractivity contribution is 7.89. The molecule has 44 heavy (non-hydrogen) atoms. The summed E-state index contributed by atoms with van der Waals surface area (Å²) in [6.07, 6.45) is 0.292. The third kappa shape index (κ3) is 5.55. The normalized spacial score (nSPS) is 17.2. The number of esters is 1. The van der Waals surface area contributed by atoms with Crippen LogP contribution in [0.15, 0.2) is 52.7 Å². The van der Waals surface area contributed by atoms with Gasteiger partial charge in [-0.3, -0.25) is 4.79 Å². The number of hydrogen-bond acceptors (Lipinski definition) is 9. The first-order valence-corrected chi connectivity index (χ1v) is 17.1. The fraction of sp³-hybridized carbons (Fsp3) is 0.355. The van der Waals surface area contributed by atoms with Gasteiger partial charge in [0.25, 0.3) is 0 Å². The van der Waals surface area contributed by atoms with Crippen LogP contribution in [-0.2, 0) is 33.1 Å². The standard InChI is InChI=1S/C31H32ClN5O5S2/c1-5-22-17-37(44(39,40)26-9-10-27(32)33-31(26)42-22)16-21-14-20(13-19-11-12-43-30(19)21)24(15-28(38)41-6-2)23-7-8-25-29(18(23)3)34-35-36(25)4/h7-14,22,24H,5-6,15-17H2,1-4H3/t22-,24+/m1/s1. The number of carbonyl (C=O) groups is 1. The van der Waals surface area contributed by atoms with Gasteiger partial charge < -0.3 is 9.47 Å². The Labute approximate surface area is 264 Å². The van der Waals surface area contributed by atoms with Crippen LogP contribution < -0.4 is 4.74 Å². The van der Waals surface area contributed by atoms with Crippen molar-refractivity contribution >= 4 is 60.0 Å². The minimum atomic E-state index is -3.97. The molecule has 0 amide bonds. The molecule has 2 atom stereocenters. The molecule has 0 fully saturated rings. The lowest BCUT2D eigenvalue weighted by Crippen LogP contribution is -2.36. The summed E-state index contributed by atoms with van der Waals surface area (Å²) < 4.78 is 43.6. The maximum absolute atomic E-state index is 14.0. The first-order valence-electron chi connectivity index (χ1n) is 14.4. The van der Waals surface area contributed by atoms with E-state index in [0.29, 0.717) is 6.42 Å². The molecule has 3 aromatic heterocycles. The minimum Gasteiger partial charge on any atom is -0.472 e. The number of benzene rings is 2. The molecule has 0 bridgehead atoms. The Balaban J connectivity index is 1.47. The molecule has 0 N–H and O–H groups in total. The van der Waals surface area contributed by atoms with Crippen molar-refractivity contribution in [1.82, 2.24) is 24.3 Å². The number of ether oxygens (including phenoxy) is 2. The molecular weight excluding hydrogens is 622 g/mol. The highest BCUT2D eigenvalue weighted by Gasteiger charge is 2.36. The molecule has 0 saturated heterocycles. The zero-order valence-corrected chi connectivity index (χ0v) is 27.2. The van der Waals surface area contributed by atoms with Crippen LogP contribution in [0.1, 0.15) is 54.9 Å². The van der Waals surface area contributed by atoms with Crippen molar-refractivity contribution < 1.29 is 22.7 Å². The SMILES string of the molecule is CCOC(=O)C[C@@H](c1cc(CN2C[C@@H](CC)Oc3nc(Cl)ccc3S2(=O)=O)c2sccc2c1)c1ccc2c(nnn2C)c1C. The lowest BCUT2D eigenvalue weighted by molar-refractivity contribution is -0.143. The van der Waals surface area contributed by atoms with Gasteiger partial charge in [0.05, 0.1) is 25.1 Å². The number of sulfonamides is 1. The predicted octanol–water partition coefficient (Wildman–Crippen LogP) is 5.99. The fourth-order valence-electron chi connectivity index (χ4n) is 5.82. The molecule has 0 spiro atoms. The second-order valence-corrected chi connectivity index (χ2v) is 14.0. The van der Waals surface area contributed by atoms with E-state index in [4.69, 9.17) is 21.1 Å². The van der Waals surface area contributed by atoms with Crippen molar-refractivity contribution in [3.8, 4) is 5.88 Å². The molecule has 13 heteroatoms. The summed E-state index contributed by atoms with van der Waals surface area (Å²) in [4.78, 5) is 17.1. The van der Waals surface area contributed by atoms with E-state index in [0.717, 1.165) is 43.4 Å². The zero-order valence-electron chi connectivity index (χ0n) is 24.8. The second-order valence-electron chi connectivity index (χ2n) is 10.8. The Kier molecular flexibility index (Phi) is 8.35. The molecule has 230 valence electrons. The van der Waals surface area contributed by atoms with Gasteiger partial charge in [0, 0.05) is 24.2 Å². The highest BCUT2D eigenvalue weighted by Crippen LogP contribution is 2.39. The van der Waals surface area contributed by atoms with E-state index in [1.807, 2.05) is 50.5 Å². The van der Waals surface area contributed by atoms with Gasteiger partial charge in [-0.05, 0) is 83.6 Å². The maximum Gasteiger partial charge on any atom is 0.306 e. The van der Waals surface area contributed by atoms with Gasteiger partial charge in [0.1, 0.15) is 21.7 Å². The van der Waals surface area contributed by atoms with Crippen molar-refractivity contribution in [2.24, 2.45) is 7.05 Å². The number of thiophene rings is 1. The maximum atomic E-state index is 14.0. The average Bonchev–Trinajstić information content (AvgIpc) is 3.60. The molecule has 5 aromatic rings. The zero-order chi connectivity index (χ0) is 31.2. The Hall–Kier alpha value is -3.58. The van der Waals surface area contributed by atoms with Gasteiger partial charge in [0.15, 0.2) is 0 Å². The third-order valence-corrected chi connectivity index (χ3v) is 11.1. The van der Waals surface area contributed by atoms with Gasteiger partial charge in [-0.1, -0.05) is 35.9 Å². The van der Waals surface area contributed by atoms with Crippen LogP contribution in [-0.4, -0.2) is 57.9 Å². The van der Waals surface area contributed by atoms with Gasteiger partial charge in [-0.2, -0.15) is 4.31 Å². The summed E-state index contributed by atoms with van der Waals surface area (Å²) in [5.41, 5.74) is 5.25. The van der Waals surface area contributed by atoms with Crippen LogP contribution in [0.25, 0.3) is 21.1 Å². The summed E-state index contributed by atoms with van der Waals surface area (Å²) in [5, 5.41) is 11.7. The first-order chi connectivity index (χ1) is 21.1. The Morgan fingerprint density at radius 2 is 2.02 bits per heavy atom. The number of rotatable bonds is 8. The van der Waals surface area contributed by atoms with E-state index in [1.54, 1.807) is 22.9 Å². The average molecular weight is 654 g/mol. The quantitative estimate of drug-likeness (QED) is 0.148. The van der Waals surface area contributed by atoms with Crippen molar-refractivity contribution in [2.75, 3.05) is 13.2 Å². The third-order valence-electron chi connectivity index (χ3n) is 8.08. The van der Waals surface area contributed by atoms with Crippen LogP contribution in [0.4, 0.5) is 0 Å². The Morgan fingerprint density at radius 3 is 2.80 bits per heavy atom. The number of nitrogens with zero attached hydrogens (tertiary/aromatic N) is 5. The monoisotopic (exact) mass is 653 g/mol. The summed E-state index contributed by atoms with van der Waals surface area (Å²) in [7, 11) is -2.13. The number of aromatic nitrogens is 4. The summed E-state index contributed by atoms with van der Waals surface area (Å²) in [6, 6.07) is 13.0. The number of carbonyl (C=O) groups excluding carboxylic acids is 1. The number of hydrogen-bond donors (Lipinski definition) is 0. The van der Waals surface area contributed by atoms with Crippen molar-refractivity contribution in [1.29, 1.82) is 0 Å². The van der Waals surface area contributed by atoms with Crippen LogP contribution in [0, 0.1) is 6.92 Å². The largest absolute Gasteiger partial charge is 0.472 e. The van der Waals surface area contributed by atoms with Gasteiger partial charge in [-0.25, -0.2) is 18.1 Å². The summed E-state index contributed by atoms with van der Waals surface area (Å²) >= 11 is 7.64. The summed E-state index contributed by atoms with van der Waals surface area (Å²) in [6.45, 7) is 6.26. The Bertz CT molecular complexity index is 1990. The second kappa shape index (κ2) is 12.1. The van der Waals surface area contributed by atoms with Gasteiger partial charge in [-0.15, -0.1) is 16.4 Å². The molecule has 0 aliphatic carbocycles. The first kappa shape index (κ1) is 30.4. The molecule has 0 saturated carbocycles. The van der Waals surface area contributed by atoms with Crippen LogP contribution in [0.5, 0.6) is 5.88 Å². The van der Waals surface area contributed by atoms with Crippen LogP contribution in [0.2, 0.25) is 5.15 Å². The number of pyridine rings is 1. The highest BCUT2D eigenvalue weighted by atomic mass is 35.5. The van der Waals surface area contributed by atoms with E-state index in [1.165, 1.54) is 16.4 Å². The Morgan fingerprint density at radius 1 is 1.20 bits per heavy atom. The summed E-state index contributed by atoms with van der Waals surface area (Å²) in [5.74, 6) is -0.654. The van der Waals surface area contributed by atoms with Crippen molar-refractivity contribution in [3.63, 3.8) is 0 Å². The van der Waals surface area contributed by atoms with E-state index < -0.39 is 16.1 Å². The van der Waals surface area contributed by atoms with E-state index >= 15 is 0 Å². The fourth-order valence-corrected chi connectivity index (χ4v) is 8.35. The minimum absolute atomic E-state index is 0.00971. The number of halogens is 1. The molecule has 4 heterocycles. The van der Waals surface area contributed by atoms with Crippen molar-refractivity contribution in [2.45, 2.75) is 57.1 Å². The molecular formula is C31H32ClN5O5S2. The number of fused-ring (bicyclic) bond motifs is 3. The predicted molar refractivity (Wildman–Crippen MR) is 170 cm³/mol. The van der Waals surface area contributed by atoms with Crippen LogP contribution >= 0.6 is 22.9 Å². The molecule has 0 unspecified atom stereocenters. The topological polar surface area (TPSA) is 117 Å². The van der Waals surface area contributed by atoms with Crippen LogP contribution in [0.3, 0.4) is 0 Å². The molecule has 10 nitrogen and oxygen atoms in total. The smallest absolute Gasteiger partial charge is 0.306 e. The van der Waals surface area contributed by atoms with Gasteiger partial charge in [0.2, 0.25) is 15.9 Å². The molecule has 6 rings (SSSR count). The molecule has 2 aromatic carbocycles. The molecule has 1 aliphatic heterocycles. The van der Waals surface area contributed by atoms with E-state index in [9.17, 15) is 13.2 Å². The molecule has 1 aliphatic rings. The van der Waals surface area contributed by atoms with E-state index in [2.05, 4.69) is 21.4 Å².